The van der Waals surface area contributed by atoms with Gasteiger partial charge in [0.15, 0.2) is 0 Å². The molecule has 9 heteroatoms. The van der Waals surface area contributed by atoms with Crippen LogP contribution in [0, 0.1) is 10.1 Å². The number of aliphatic hydroxyl groups excluding tert-OH is 1. The molecule has 0 bridgehead atoms. The molecule has 2 aromatic carbocycles. The van der Waals surface area contributed by atoms with Crippen LogP contribution in [0.2, 0.25) is 0 Å². The van der Waals surface area contributed by atoms with Gasteiger partial charge in [0.1, 0.15) is 0 Å². The van der Waals surface area contributed by atoms with E-state index in [1.54, 1.807) is 0 Å². The molecule has 0 saturated carbocycles. The third kappa shape index (κ3) is 2.90. The summed E-state index contributed by atoms with van der Waals surface area (Å²) < 4.78 is 0. The monoisotopic (exact) mass is 344 g/mol. The van der Waals surface area contributed by atoms with Crippen LogP contribution in [0.1, 0.15) is 20.7 Å². The SMILES string of the molecule is Nc1cc2c3c(cc([N+](=O)[O-])cc3c1)C(=O)N(CCNCCO)C2=O. The molecule has 1 aliphatic rings. The Morgan fingerprint density at radius 2 is 1.80 bits per heavy atom. The molecule has 130 valence electrons. The van der Waals surface area contributed by atoms with E-state index in [9.17, 15) is 19.7 Å². The van der Waals surface area contributed by atoms with Gasteiger partial charge >= 0.3 is 0 Å². The van der Waals surface area contributed by atoms with Crippen LogP contribution >= 0.6 is 0 Å². The zero-order valence-electron chi connectivity index (χ0n) is 13.2. The number of hydrogen-bond acceptors (Lipinski definition) is 7. The van der Waals surface area contributed by atoms with Crippen molar-refractivity contribution in [1.29, 1.82) is 0 Å². The van der Waals surface area contributed by atoms with Crippen molar-refractivity contribution in [3.8, 4) is 0 Å². The summed E-state index contributed by atoms with van der Waals surface area (Å²) in [5.41, 5.74) is 6.23. The van der Waals surface area contributed by atoms with Crippen molar-refractivity contribution in [1.82, 2.24) is 10.2 Å². The van der Waals surface area contributed by atoms with Gasteiger partial charge < -0.3 is 16.2 Å². The molecule has 2 amide bonds. The lowest BCUT2D eigenvalue weighted by Crippen LogP contribution is -2.44. The molecule has 0 radical (unpaired) electrons. The Kier molecular flexibility index (Phi) is 4.34. The fraction of sp³-hybridized carbons (Fsp3) is 0.250. The Bertz CT molecular complexity index is 896. The molecule has 1 aliphatic heterocycles. The van der Waals surface area contributed by atoms with Gasteiger partial charge in [0.05, 0.1) is 22.7 Å². The normalized spacial score (nSPS) is 13.6. The van der Waals surface area contributed by atoms with Gasteiger partial charge in [0, 0.05) is 42.8 Å². The first-order valence-electron chi connectivity index (χ1n) is 7.63. The van der Waals surface area contributed by atoms with E-state index >= 15 is 0 Å². The number of nitrogens with one attached hydrogen (secondary N) is 1. The number of nitrogens with two attached hydrogens (primary N) is 1. The predicted octanol–water partition coefficient (Wildman–Crippen LogP) is 0.508. The van der Waals surface area contributed by atoms with Gasteiger partial charge in [-0.2, -0.15) is 0 Å². The lowest BCUT2D eigenvalue weighted by atomic mass is 9.92. The number of nitrogens with zero attached hydrogens (tertiary/aromatic N) is 2. The number of nitrogen functional groups attached to an aromatic ring is 1. The van der Waals surface area contributed by atoms with E-state index in [1.807, 2.05) is 0 Å². The van der Waals surface area contributed by atoms with E-state index in [4.69, 9.17) is 10.8 Å². The molecule has 0 unspecified atom stereocenters. The molecule has 0 atom stereocenters. The fourth-order valence-electron chi connectivity index (χ4n) is 2.95. The van der Waals surface area contributed by atoms with Crippen molar-refractivity contribution < 1.29 is 19.6 Å². The van der Waals surface area contributed by atoms with Crippen molar-refractivity contribution in [3.63, 3.8) is 0 Å². The first-order valence-corrected chi connectivity index (χ1v) is 7.63. The molecule has 25 heavy (non-hydrogen) atoms. The zero-order chi connectivity index (χ0) is 18.1. The maximum Gasteiger partial charge on any atom is 0.270 e. The highest BCUT2D eigenvalue weighted by Crippen LogP contribution is 2.34. The lowest BCUT2D eigenvalue weighted by molar-refractivity contribution is -0.384. The number of carbonyl (C=O) groups excluding carboxylic acids is 2. The number of amides is 2. The number of anilines is 1. The van der Waals surface area contributed by atoms with E-state index in [1.165, 1.54) is 24.3 Å². The number of benzene rings is 2. The van der Waals surface area contributed by atoms with E-state index in [0.29, 0.717) is 23.9 Å². The Labute approximate surface area is 142 Å². The van der Waals surface area contributed by atoms with Crippen molar-refractivity contribution in [2.45, 2.75) is 0 Å². The third-order valence-electron chi connectivity index (χ3n) is 4.02. The summed E-state index contributed by atoms with van der Waals surface area (Å²) in [5.74, 6) is -1.07. The average Bonchev–Trinajstić information content (AvgIpc) is 2.57. The number of carbonyl (C=O) groups is 2. The second-order valence-corrected chi connectivity index (χ2v) is 5.65. The second-order valence-electron chi connectivity index (χ2n) is 5.65. The summed E-state index contributed by atoms with van der Waals surface area (Å²) in [7, 11) is 0. The quantitative estimate of drug-likeness (QED) is 0.228. The molecule has 4 N–H and O–H groups in total. The Hall–Kier alpha value is -3.04. The summed E-state index contributed by atoms with van der Waals surface area (Å²) in [5, 5.41) is 23.6. The standard InChI is InChI=1S/C16H16N4O5/c17-10-5-9-6-11(20(24)25)8-13-14(9)12(7-10)15(22)19(16(13)23)3-1-18-2-4-21/h5-8,18,21H,1-4,17H2. The van der Waals surface area contributed by atoms with Crippen LogP contribution in [-0.4, -0.2) is 53.0 Å². The summed E-state index contributed by atoms with van der Waals surface area (Å²) in [4.78, 5) is 37.0. The smallest absolute Gasteiger partial charge is 0.270 e. The molecule has 0 spiro atoms. The van der Waals surface area contributed by atoms with E-state index in [-0.39, 0.29) is 35.7 Å². The highest BCUT2D eigenvalue weighted by Gasteiger charge is 2.34. The van der Waals surface area contributed by atoms with Crippen LogP contribution in [0.25, 0.3) is 10.8 Å². The third-order valence-corrected chi connectivity index (χ3v) is 4.02. The number of non-ortho nitro benzene ring substituents is 1. The van der Waals surface area contributed by atoms with Gasteiger partial charge in [-0.1, -0.05) is 0 Å². The highest BCUT2D eigenvalue weighted by atomic mass is 16.6. The Morgan fingerprint density at radius 1 is 1.12 bits per heavy atom. The van der Waals surface area contributed by atoms with Crippen LogP contribution in [0.15, 0.2) is 24.3 Å². The molecular weight excluding hydrogens is 328 g/mol. The van der Waals surface area contributed by atoms with Gasteiger partial charge in [-0.25, -0.2) is 0 Å². The van der Waals surface area contributed by atoms with Gasteiger partial charge in [-0.15, -0.1) is 0 Å². The molecule has 2 aromatic rings. The molecule has 0 saturated heterocycles. The van der Waals surface area contributed by atoms with Gasteiger partial charge in [0.25, 0.3) is 17.5 Å². The number of imide groups is 1. The number of rotatable bonds is 6. The summed E-state index contributed by atoms with van der Waals surface area (Å²) in [6.45, 7) is 0.650. The largest absolute Gasteiger partial charge is 0.399 e. The van der Waals surface area contributed by atoms with Crippen molar-refractivity contribution in [3.05, 3.63) is 45.5 Å². The average molecular weight is 344 g/mol. The van der Waals surface area contributed by atoms with Crippen LogP contribution in [0.4, 0.5) is 11.4 Å². The fourth-order valence-corrected chi connectivity index (χ4v) is 2.95. The van der Waals surface area contributed by atoms with Crippen molar-refractivity contribution in [2.24, 2.45) is 0 Å². The summed E-state index contributed by atoms with van der Waals surface area (Å²) >= 11 is 0. The van der Waals surface area contributed by atoms with E-state index < -0.39 is 16.7 Å². The van der Waals surface area contributed by atoms with Crippen LogP contribution in [0.5, 0.6) is 0 Å². The Balaban J connectivity index is 2.10. The second kappa shape index (κ2) is 6.46. The molecular formula is C16H16N4O5. The lowest BCUT2D eigenvalue weighted by Gasteiger charge is -2.27. The Morgan fingerprint density at radius 3 is 2.44 bits per heavy atom. The zero-order valence-corrected chi connectivity index (χ0v) is 13.2. The van der Waals surface area contributed by atoms with Gasteiger partial charge in [-0.05, 0) is 17.5 Å². The first kappa shape index (κ1) is 16.8. The van der Waals surface area contributed by atoms with E-state index in [0.717, 1.165) is 4.90 Å². The molecule has 0 aliphatic carbocycles. The number of nitro groups is 1. The van der Waals surface area contributed by atoms with Crippen LogP contribution in [0.3, 0.4) is 0 Å². The maximum atomic E-state index is 12.7. The minimum absolute atomic E-state index is 0.0627. The van der Waals surface area contributed by atoms with Crippen LogP contribution in [-0.2, 0) is 0 Å². The number of hydrogen-bond donors (Lipinski definition) is 3. The minimum Gasteiger partial charge on any atom is -0.399 e. The molecule has 3 rings (SSSR count). The molecule has 9 nitrogen and oxygen atoms in total. The number of nitro benzene ring substituents is 1. The van der Waals surface area contributed by atoms with E-state index in [2.05, 4.69) is 5.32 Å². The van der Waals surface area contributed by atoms with Crippen molar-refractivity contribution in [2.75, 3.05) is 32.0 Å². The molecule has 0 aromatic heterocycles. The van der Waals surface area contributed by atoms with Gasteiger partial charge in [-0.3, -0.25) is 24.6 Å². The summed E-state index contributed by atoms with van der Waals surface area (Å²) in [6.07, 6.45) is 0. The maximum absolute atomic E-state index is 12.7. The van der Waals surface area contributed by atoms with Crippen LogP contribution < -0.4 is 11.1 Å². The number of aliphatic hydroxyl groups is 1. The molecule has 1 heterocycles. The highest BCUT2D eigenvalue weighted by molar-refractivity contribution is 6.26. The topological polar surface area (TPSA) is 139 Å². The predicted molar refractivity (Wildman–Crippen MR) is 90.3 cm³/mol. The summed E-state index contributed by atoms with van der Waals surface area (Å²) in [6, 6.07) is 5.47. The van der Waals surface area contributed by atoms with Crippen molar-refractivity contribution >= 4 is 34.0 Å². The minimum atomic E-state index is -0.588. The molecule has 0 fully saturated rings. The van der Waals surface area contributed by atoms with Gasteiger partial charge in [0.2, 0.25) is 0 Å². The first-order chi connectivity index (χ1) is 11.9.